The maximum Gasteiger partial charge on any atom is 0.311 e. The molecule has 0 aliphatic carbocycles. The molecule has 0 radical (unpaired) electrons. The lowest BCUT2D eigenvalue weighted by molar-refractivity contribution is -0.385. The average molecular weight is 295 g/mol. The van der Waals surface area contributed by atoms with E-state index in [4.69, 9.17) is 4.74 Å². The summed E-state index contributed by atoms with van der Waals surface area (Å²) in [4.78, 5) is 12.8. The molecule has 0 unspecified atom stereocenters. The van der Waals surface area contributed by atoms with Gasteiger partial charge in [-0.3, -0.25) is 10.1 Å². The van der Waals surface area contributed by atoms with Gasteiger partial charge in [0.1, 0.15) is 0 Å². The van der Waals surface area contributed by atoms with Crippen molar-refractivity contribution in [3.05, 3.63) is 28.3 Å². The second-order valence-corrected chi connectivity index (χ2v) is 5.29. The fraction of sp³-hybridized carbons (Fsp3) is 0.600. The predicted octanol–water partition coefficient (Wildman–Crippen LogP) is 3.14. The number of nitro groups is 1. The highest BCUT2D eigenvalue weighted by atomic mass is 16.6. The smallest absolute Gasteiger partial charge is 0.311 e. The number of ether oxygens (including phenoxy) is 1. The fourth-order valence-electron chi connectivity index (χ4n) is 1.74. The highest BCUT2D eigenvalue weighted by Crippen LogP contribution is 2.30. The van der Waals surface area contributed by atoms with Gasteiger partial charge >= 0.3 is 5.69 Å². The van der Waals surface area contributed by atoms with Gasteiger partial charge in [-0.25, -0.2) is 0 Å². The normalized spacial score (nSPS) is 11.0. The highest BCUT2D eigenvalue weighted by molar-refractivity contribution is 5.58. The summed E-state index contributed by atoms with van der Waals surface area (Å²) >= 11 is 0. The van der Waals surface area contributed by atoms with Crippen LogP contribution in [0.15, 0.2) is 18.2 Å². The van der Waals surface area contributed by atoms with Gasteiger partial charge in [-0.15, -0.1) is 0 Å². The number of nitrogens with zero attached hydrogens (tertiary/aromatic N) is 2. The first-order valence-corrected chi connectivity index (χ1v) is 7.31. The van der Waals surface area contributed by atoms with E-state index in [-0.39, 0.29) is 5.69 Å². The third-order valence-electron chi connectivity index (χ3n) is 3.29. The van der Waals surface area contributed by atoms with Crippen LogP contribution in [-0.2, 0) is 0 Å². The second kappa shape index (κ2) is 8.46. The van der Waals surface area contributed by atoms with Gasteiger partial charge in [0, 0.05) is 37.0 Å². The van der Waals surface area contributed by atoms with Gasteiger partial charge in [0.25, 0.3) is 0 Å². The summed E-state index contributed by atoms with van der Waals surface area (Å²) in [7, 11) is 2.07. The molecule has 0 heterocycles. The summed E-state index contributed by atoms with van der Waals surface area (Å²) < 4.78 is 5.46. The molecule has 21 heavy (non-hydrogen) atoms. The minimum Gasteiger partial charge on any atom is -0.487 e. The van der Waals surface area contributed by atoms with E-state index in [2.05, 4.69) is 31.1 Å². The molecular formula is C15H25N3O3. The molecule has 1 aromatic carbocycles. The zero-order valence-corrected chi connectivity index (χ0v) is 13.3. The molecule has 0 atom stereocenters. The molecule has 0 aliphatic rings. The molecule has 6 heteroatoms. The van der Waals surface area contributed by atoms with E-state index < -0.39 is 4.92 Å². The lowest BCUT2D eigenvalue weighted by Gasteiger charge is -2.21. The Morgan fingerprint density at radius 1 is 1.43 bits per heavy atom. The molecular weight excluding hydrogens is 270 g/mol. The molecule has 0 saturated carbocycles. The highest BCUT2D eigenvalue weighted by Gasteiger charge is 2.15. The van der Waals surface area contributed by atoms with Crippen LogP contribution in [0.1, 0.15) is 27.2 Å². The first kappa shape index (κ1) is 17.2. The van der Waals surface area contributed by atoms with Gasteiger partial charge in [-0.2, -0.15) is 0 Å². The van der Waals surface area contributed by atoms with Gasteiger partial charge in [-0.1, -0.05) is 6.92 Å². The molecule has 0 saturated heterocycles. The number of rotatable bonds is 9. The number of hydrogen-bond acceptors (Lipinski definition) is 5. The molecule has 1 N–H and O–H groups in total. The maximum absolute atomic E-state index is 11.0. The lowest BCUT2D eigenvalue weighted by atomic mass is 10.2. The largest absolute Gasteiger partial charge is 0.487 e. The number of hydrogen-bond donors (Lipinski definition) is 1. The van der Waals surface area contributed by atoms with Crippen molar-refractivity contribution >= 4 is 11.4 Å². The minimum atomic E-state index is -0.415. The van der Waals surface area contributed by atoms with Crippen LogP contribution in [0.25, 0.3) is 0 Å². The first-order chi connectivity index (χ1) is 9.95. The molecule has 0 fully saturated rings. The molecule has 1 rings (SSSR count). The molecule has 0 aromatic heterocycles. The quantitative estimate of drug-likeness (QED) is 0.560. The fourth-order valence-corrected chi connectivity index (χ4v) is 1.74. The van der Waals surface area contributed by atoms with Crippen molar-refractivity contribution in [3.8, 4) is 5.75 Å². The van der Waals surface area contributed by atoms with Crippen molar-refractivity contribution in [2.24, 2.45) is 0 Å². The third kappa shape index (κ3) is 5.59. The van der Waals surface area contributed by atoms with E-state index in [0.29, 0.717) is 18.4 Å². The summed E-state index contributed by atoms with van der Waals surface area (Å²) in [6.45, 7) is 8.40. The van der Waals surface area contributed by atoms with Crippen LogP contribution in [-0.4, -0.2) is 42.6 Å². The molecule has 0 spiro atoms. The summed E-state index contributed by atoms with van der Waals surface area (Å²) in [5.41, 5.74) is 0.845. The number of anilines is 1. The van der Waals surface area contributed by atoms with Crippen molar-refractivity contribution in [2.75, 3.05) is 32.1 Å². The van der Waals surface area contributed by atoms with Gasteiger partial charge in [0.2, 0.25) is 0 Å². The standard InChI is InChI=1S/C15H25N3O3/c1-5-10-21-15-11-13(6-7-14(15)18(19)20)16-8-9-17(4)12(2)3/h6-7,11-12,16H,5,8-10H2,1-4H3. The van der Waals surface area contributed by atoms with Crippen molar-refractivity contribution < 1.29 is 9.66 Å². The Hall–Kier alpha value is -1.82. The number of benzene rings is 1. The van der Waals surface area contributed by atoms with Gasteiger partial charge in [-0.05, 0) is 33.4 Å². The van der Waals surface area contributed by atoms with Gasteiger partial charge in [0.15, 0.2) is 5.75 Å². The van der Waals surface area contributed by atoms with E-state index in [1.165, 1.54) is 6.07 Å². The topological polar surface area (TPSA) is 67.6 Å². The van der Waals surface area contributed by atoms with Crippen molar-refractivity contribution in [2.45, 2.75) is 33.2 Å². The molecule has 118 valence electrons. The Morgan fingerprint density at radius 2 is 2.14 bits per heavy atom. The van der Waals surface area contributed by atoms with E-state index in [9.17, 15) is 10.1 Å². The maximum atomic E-state index is 11.0. The Labute approximate surface area is 126 Å². The van der Waals surface area contributed by atoms with Crippen LogP contribution in [0.5, 0.6) is 5.75 Å². The van der Waals surface area contributed by atoms with E-state index >= 15 is 0 Å². The van der Waals surface area contributed by atoms with Crippen LogP contribution < -0.4 is 10.1 Å². The summed E-state index contributed by atoms with van der Waals surface area (Å²) in [6, 6.07) is 5.39. The van der Waals surface area contributed by atoms with Gasteiger partial charge in [0.05, 0.1) is 11.5 Å². The van der Waals surface area contributed by atoms with E-state index in [1.807, 2.05) is 6.92 Å². The third-order valence-corrected chi connectivity index (χ3v) is 3.29. The van der Waals surface area contributed by atoms with Crippen LogP contribution in [0.4, 0.5) is 11.4 Å². The summed E-state index contributed by atoms with van der Waals surface area (Å²) in [5, 5.41) is 14.2. The van der Waals surface area contributed by atoms with Crippen molar-refractivity contribution in [1.29, 1.82) is 0 Å². The van der Waals surface area contributed by atoms with Gasteiger partial charge < -0.3 is 15.0 Å². The molecule has 0 bridgehead atoms. The number of nitro benzene ring substituents is 1. The Balaban J connectivity index is 2.68. The first-order valence-electron chi connectivity index (χ1n) is 7.31. The van der Waals surface area contributed by atoms with Crippen molar-refractivity contribution in [1.82, 2.24) is 4.90 Å². The zero-order valence-electron chi connectivity index (χ0n) is 13.3. The number of nitrogens with one attached hydrogen (secondary N) is 1. The minimum absolute atomic E-state index is 0.00768. The molecule has 1 aromatic rings. The van der Waals surface area contributed by atoms with E-state index in [0.717, 1.165) is 25.2 Å². The Bertz CT molecular complexity index is 463. The monoisotopic (exact) mass is 295 g/mol. The van der Waals surface area contributed by atoms with Crippen LogP contribution in [0.3, 0.4) is 0 Å². The molecule has 6 nitrogen and oxygen atoms in total. The second-order valence-electron chi connectivity index (χ2n) is 5.29. The molecule has 0 aliphatic heterocycles. The lowest BCUT2D eigenvalue weighted by Crippen LogP contribution is -2.31. The van der Waals surface area contributed by atoms with Crippen molar-refractivity contribution in [3.63, 3.8) is 0 Å². The Morgan fingerprint density at radius 3 is 2.71 bits per heavy atom. The van der Waals surface area contributed by atoms with Crippen LogP contribution in [0.2, 0.25) is 0 Å². The Kier molecular flexibility index (Phi) is 6.94. The summed E-state index contributed by atoms with van der Waals surface area (Å²) in [5.74, 6) is 0.323. The predicted molar refractivity (Wildman–Crippen MR) is 85.1 cm³/mol. The number of likely N-dealkylation sites (N-methyl/N-ethyl adjacent to an activating group) is 1. The summed E-state index contributed by atoms with van der Waals surface area (Å²) in [6.07, 6.45) is 0.813. The SMILES string of the molecule is CCCOc1cc(NCCN(C)C(C)C)ccc1[N+](=O)[O-]. The van der Waals surface area contributed by atoms with Crippen LogP contribution in [0, 0.1) is 10.1 Å². The average Bonchev–Trinajstić information content (AvgIpc) is 2.44. The van der Waals surface area contributed by atoms with E-state index in [1.54, 1.807) is 12.1 Å². The molecule has 0 amide bonds. The zero-order chi connectivity index (χ0) is 15.8. The van der Waals surface area contributed by atoms with Crippen LogP contribution >= 0.6 is 0 Å².